The Labute approximate surface area is 241 Å². The summed E-state index contributed by atoms with van der Waals surface area (Å²) in [4.78, 5) is 63.6. The third-order valence-electron chi connectivity index (χ3n) is 6.54. The number of carboxylic acids is 2. The quantitative estimate of drug-likeness (QED) is 0.162. The fourth-order valence-corrected chi connectivity index (χ4v) is 4.23. The summed E-state index contributed by atoms with van der Waals surface area (Å²) in [6.07, 6.45) is 7.52. The summed E-state index contributed by atoms with van der Waals surface area (Å²) < 4.78 is 8.61. The molecule has 13 heteroatoms. The summed E-state index contributed by atoms with van der Waals surface area (Å²) in [5.74, 6) is -2.52. The Balaban J connectivity index is 0.000000730. The van der Waals surface area contributed by atoms with E-state index in [9.17, 15) is 14.4 Å². The predicted octanol–water partition coefficient (Wildman–Crippen LogP) is 1.12. The Morgan fingerprint density at radius 1 is 0.929 bits per heavy atom. The number of hydrogen-bond acceptors (Lipinski definition) is 9. The van der Waals surface area contributed by atoms with E-state index >= 15 is 0 Å². The number of carbonyl (C=O) groups is 3. The van der Waals surface area contributed by atoms with Crippen LogP contribution in [-0.4, -0.2) is 86.3 Å². The van der Waals surface area contributed by atoms with Crippen molar-refractivity contribution in [2.75, 3.05) is 44.2 Å². The molecule has 0 atom stereocenters. The van der Waals surface area contributed by atoms with E-state index < -0.39 is 11.9 Å². The molecule has 1 aliphatic rings. The summed E-state index contributed by atoms with van der Waals surface area (Å²) >= 11 is 0. The van der Waals surface area contributed by atoms with Crippen LogP contribution in [0, 0.1) is 0 Å². The number of pyridine rings is 1. The molecule has 0 unspecified atom stereocenters. The number of allylic oxidation sites excluding steroid dienone is 1. The molecule has 0 spiro atoms. The van der Waals surface area contributed by atoms with Crippen LogP contribution >= 0.6 is 0 Å². The van der Waals surface area contributed by atoms with Crippen LogP contribution < -0.4 is 20.9 Å². The van der Waals surface area contributed by atoms with Gasteiger partial charge in [0.05, 0.1) is 12.2 Å². The predicted molar refractivity (Wildman–Crippen MR) is 155 cm³/mol. The number of aromatic nitrogens is 3. The van der Waals surface area contributed by atoms with Gasteiger partial charge in [-0.1, -0.05) is 18.2 Å². The maximum absolute atomic E-state index is 12.7. The monoisotopic (exact) mass is 579 g/mol. The summed E-state index contributed by atoms with van der Waals surface area (Å²) in [7, 11) is 3.18. The molecule has 1 fully saturated rings. The van der Waals surface area contributed by atoms with Gasteiger partial charge in [0.1, 0.15) is 11.6 Å². The molecule has 1 saturated heterocycles. The molecule has 4 rings (SSSR count). The van der Waals surface area contributed by atoms with E-state index in [0.717, 1.165) is 49.3 Å². The van der Waals surface area contributed by atoms with Crippen molar-refractivity contribution < 1.29 is 29.3 Å². The number of hydrogen-bond donors (Lipinski definition) is 2. The Morgan fingerprint density at radius 2 is 1.57 bits per heavy atom. The van der Waals surface area contributed by atoms with Crippen molar-refractivity contribution in [2.45, 2.75) is 6.42 Å². The van der Waals surface area contributed by atoms with Crippen LogP contribution in [0.25, 0.3) is 6.08 Å². The largest absolute Gasteiger partial charge is 0.493 e. The minimum Gasteiger partial charge on any atom is -0.493 e. The Bertz CT molecular complexity index is 1530. The summed E-state index contributed by atoms with van der Waals surface area (Å²) in [5.41, 5.74) is 0.841. The van der Waals surface area contributed by atoms with E-state index in [1.54, 1.807) is 37.7 Å². The molecule has 42 heavy (non-hydrogen) atoms. The molecule has 2 aromatic heterocycles. The molecule has 0 aliphatic carbocycles. The van der Waals surface area contributed by atoms with Crippen LogP contribution in [0.15, 0.2) is 70.5 Å². The molecule has 3 heterocycles. The van der Waals surface area contributed by atoms with Crippen LogP contribution in [0.4, 0.5) is 5.82 Å². The second-order valence-corrected chi connectivity index (χ2v) is 9.36. The van der Waals surface area contributed by atoms with Crippen LogP contribution in [0.5, 0.6) is 5.75 Å². The lowest BCUT2D eigenvalue weighted by Crippen LogP contribution is -2.49. The first-order valence-corrected chi connectivity index (χ1v) is 13.1. The molecule has 2 N–H and O–H groups in total. The van der Waals surface area contributed by atoms with Gasteiger partial charge >= 0.3 is 17.6 Å². The van der Waals surface area contributed by atoms with Gasteiger partial charge in [-0.3, -0.25) is 28.6 Å². The highest BCUT2D eigenvalue weighted by molar-refractivity contribution is 6.27. The average molecular weight is 580 g/mol. The van der Waals surface area contributed by atoms with Gasteiger partial charge in [0.2, 0.25) is 0 Å². The number of piperazine rings is 1. The third kappa shape index (κ3) is 8.73. The second kappa shape index (κ2) is 15.1. The maximum atomic E-state index is 12.7. The molecular weight excluding hydrogens is 546 g/mol. The second-order valence-electron chi connectivity index (χ2n) is 9.36. The number of benzene rings is 1. The first-order valence-electron chi connectivity index (χ1n) is 13.1. The zero-order valence-corrected chi connectivity index (χ0v) is 23.4. The summed E-state index contributed by atoms with van der Waals surface area (Å²) in [6.45, 7) is 4.50. The minimum absolute atomic E-state index is 0.108. The number of ketones is 1. The van der Waals surface area contributed by atoms with Crippen molar-refractivity contribution in [1.29, 1.82) is 0 Å². The number of anilines is 1. The number of para-hydroxylation sites is 1. The van der Waals surface area contributed by atoms with Gasteiger partial charge in [-0.05, 0) is 42.3 Å². The van der Waals surface area contributed by atoms with Gasteiger partial charge < -0.3 is 19.8 Å². The first-order chi connectivity index (χ1) is 20.1. The molecule has 0 saturated carbocycles. The molecular formula is C29H33N5O8. The molecule has 3 aromatic rings. The van der Waals surface area contributed by atoms with Gasteiger partial charge in [-0.15, -0.1) is 0 Å². The maximum Gasteiger partial charge on any atom is 0.414 e. The van der Waals surface area contributed by atoms with Crippen LogP contribution in [0.1, 0.15) is 22.3 Å². The van der Waals surface area contributed by atoms with Crippen molar-refractivity contribution in [3.05, 3.63) is 92.9 Å². The Kier molecular flexibility index (Phi) is 11.3. The molecule has 0 radical (unpaired) electrons. The molecule has 0 bridgehead atoms. The summed E-state index contributed by atoms with van der Waals surface area (Å²) in [5, 5.41) is 14.8. The van der Waals surface area contributed by atoms with Crippen molar-refractivity contribution in [2.24, 2.45) is 14.1 Å². The SMILES string of the molecule is Cn1c(N2CCN(CCCOc3ccccc3C(=O)/C=C/c3ccncc3)CC2)cc(=O)n(C)c1=O.O=C(O)C(=O)O. The molecule has 13 nitrogen and oxygen atoms in total. The topological polar surface area (TPSA) is 164 Å². The Hall–Kier alpha value is -5.04. The lowest BCUT2D eigenvalue weighted by atomic mass is 10.1. The number of aliphatic carboxylic acids is 2. The van der Waals surface area contributed by atoms with Gasteiger partial charge in [0, 0.05) is 65.3 Å². The summed E-state index contributed by atoms with van der Waals surface area (Å²) in [6, 6.07) is 12.5. The zero-order valence-electron chi connectivity index (χ0n) is 23.4. The van der Waals surface area contributed by atoms with Crippen molar-refractivity contribution in [3.63, 3.8) is 0 Å². The number of ether oxygens (including phenoxy) is 1. The highest BCUT2D eigenvalue weighted by Gasteiger charge is 2.20. The zero-order chi connectivity index (χ0) is 30.6. The number of carboxylic acid groups (broad SMARTS) is 2. The standard InChI is InChI=1S/C27H31N5O4.C2H2O4/c1-29-25(20-26(34)30(2)27(29)35)32-17-15-31(16-18-32)14-5-19-36-24-7-4-3-6-22(24)23(33)9-8-21-10-12-28-13-11-21;3-1(4)2(5)6/h3-4,6-13,20H,5,14-19H2,1-2H3;(H,3,4)(H,5,6)/b9-8+;. The van der Waals surface area contributed by atoms with E-state index in [1.807, 2.05) is 30.3 Å². The minimum atomic E-state index is -1.82. The molecule has 0 amide bonds. The van der Waals surface area contributed by atoms with Crippen molar-refractivity contribution >= 4 is 29.6 Å². The van der Waals surface area contributed by atoms with E-state index in [0.29, 0.717) is 23.7 Å². The number of nitrogens with zero attached hydrogens (tertiary/aromatic N) is 5. The fourth-order valence-electron chi connectivity index (χ4n) is 4.23. The molecule has 1 aliphatic heterocycles. The van der Waals surface area contributed by atoms with Crippen LogP contribution in [0.3, 0.4) is 0 Å². The van der Waals surface area contributed by atoms with Crippen molar-refractivity contribution in [3.8, 4) is 5.75 Å². The smallest absolute Gasteiger partial charge is 0.414 e. The third-order valence-corrected chi connectivity index (χ3v) is 6.54. The van der Waals surface area contributed by atoms with E-state index in [1.165, 1.54) is 17.7 Å². The van der Waals surface area contributed by atoms with E-state index in [2.05, 4.69) is 14.8 Å². The molecule has 222 valence electrons. The van der Waals surface area contributed by atoms with E-state index in [-0.39, 0.29) is 17.0 Å². The van der Waals surface area contributed by atoms with Crippen molar-refractivity contribution in [1.82, 2.24) is 19.0 Å². The van der Waals surface area contributed by atoms with Gasteiger partial charge in [-0.2, -0.15) is 0 Å². The molecule has 1 aromatic carbocycles. The lowest BCUT2D eigenvalue weighted by molar-refractivity contribution is -0.159. The van der Waals surface area contributed by atoms with Gasteiger partial charge in [0.15, 0.2) is 5.78 Å². The van der Waals surface area contributed by atoms with E-state index in [4.69, 9.17) is 24.5 Å². The van der Waals surface area contributed by atoms with Gasteiger partial charge in [0.25, 0.3) is 5.56 Å². The average Bonchev–Trinajstić information content (AvgIpc) is 3.00. The lowest BCUT2D eigenvalue weighted by Gasteiger charge is -2.36. The fraction of sp³-hybridized carbons (Fsp3) is 0.310. The Morgan fingerprint density at radius 3 is 2.21 bits per heavy atom. The first kappa shape index (κ1) is 31.5. The van der Waals surface area contributed by atoms with Crippen LogP contribution in [-0.2, 0) is 23.7 Å². The normalized spacial score (nSPS) is 13.3. The van der Waals surface area contributed by atoms with Gasteiger partial charge in [-0.25, -0.2) is 14.4 Å². The number of carbonyl (C=O) groups excluding carboxylic acids is 1. The van der Waals surface area contributed by atoms with Crippen LogP contribution in [0.2, 0.25) is 0 Å². The number of rotatable bonds is 9. The highest BCUT2D eigenvalue weighted by atomic mass is 16.5. The highest BCUT2D eigenvalue weighted by Crippen LogP contribution is 2.20.